The Morgan fingerprint density at radius 2 is 1.91 bits per heavy atom. The number of likely N-dealkylation sites (tertiary alicyclic amines) is 2. The zero-order chi connectivity index (χ0) is 24.0. The van der Waals surface area contributed by atoms with Crippen LogP contribution in [0.25, 0.3) is 0 Å². The molecule has 2 heterocycles. The first-order chi connectivity index (χ1) is 16.4. The Labute approximate surface area is 206 Å². The minimum atomic E-state index is -0.627. The molecule has 1 aliphatic carbocycles. The predicted octanol–water partition coefficient (Wildman–Crippen LogP) is 5.02. The fraction of sp³-hybridized carbons (Fsp3) is 0.462. The fourth-order valence-corrected chi connectivity index (χ4v) is 6.22. The summed E-state index contributed by atoms with van der Waals surface area (Å²) in [6.45, 7) is 0.449. The molecule has 1 unspecified atom stereocenters. The zero-order valence-corrected chi connectivity index (χ0v) is 20.6. The molecule has 5 rings (SSSR count). The van der Waals surface area contributed by atoms with Crippen molar-refractivity contribution >= 4 is 27.7 Å². The average Bonchev–Trinajstić information content (AvgIpc) is 3.23. The smallest absolute Gasteiger partial charge is 0.245 e. The molecule has 0 spiro atoms. The van der Waals surface area contributed by atoms with Gasteiger partial charge in [0.2, 0.25) is 11.8 Å². The van der Waals surface area contributed by atoms with Gasteiger partial charge in [-0.2, -0.15) is 0 Å². The van der Waals surface area contributed by atoms with Crippen molar-refractivity contribution in [1.82, 2.24) is 9.80 Å². The van der Waals surface area contributed by atoms with E-state index in [0.717, 1.165) is 22.2 Å². The standard InChI is InChI=1S/C26H27BrF2N2O3/c1-34-23-9-7-15(12-17(23)27)8-10-24(32)31-21-13-16(21)14-22(31)26(33)30-11-3-6-20(30)25-18(28)4-2-5-19(25)29/h2,4-5,7,9,12,16,20-22H,3,6,8,10-11,13-14H2,1H3/t16-,20?,21+,22+/m1/s1. The highest BCUT2D eigenvalue weighted by Gasteiger charge is 2.57. The minimum Gasteiger partial charge on any atom is -0.496 e. The molecule has 2 aromatic carbocycles. The van der Waals surface area contributed by atoms with Crippen LogP contribution in [0.3, 0.4) is 0 Å². The molecule has 180 valence electrons. The Morgan fingerprint density at radius 3 is 2.62 bits per heavy atom. The van der Waals surface area contributed by atoms with Crippen LogP contribution >= 0.6 is 15.9 Å². The molecule has 1 saturated carbocycles. The lowest BCUT2D eigenvalue weighted by molar-refractivity contribution is -0.145. The Kier molecular flexibility index (Phi) is 6.35. The molecule has 0 aromatic heterocycles. The summed E-state index contributed by atoms with van der Waals surface area (Å²) in [5.74, 6) is -0.400. The molecule has 3 aliphatic rings. The monoisotopic (exact) mass is 532 g/mol. The van der Waals surface area contributed by atoms with E-state index in [2.05, 4.69) is 15.9 Å². The molecule has 2 saturated heterocycles. The summed E-state index contributed by atoms with van der Waals surface area (Å²) in [7, 11) is 1.60. The van der Waals surface area contributed by atoms with Crippen LogP contribution < -0.4 is 4.74 Å². The Hall–Kier alpha value is -2.48. The van der Waals surface area contributed by atoms with Gasteiger partial charge in [-0.05, 0) is 83.8 Å². The molecule has 4 atom stereocenters. The summed E-state index contributed by atoms with van der Waals surface area (Å²) in [6, 6.07) is 8.47. The minimum absolute atomic E-state index is 0.0388. The summed E-state index contributed by atoms with van der Waals surface area (Å²) in [4.78, 5) is 30.2. The molecular formula is C26H27BrF2N2O3. The highest BCUT2D eigenvalue weighted by atomic mass is 79.9. The second-order valence-corrected chi connectivity index (χ2v) is 10.3. The SMILES string of the molecule is COc1ccc(CCC(=O)N2[C@H](C(=O)N3CCCC3c3c(F)cccc3F)C[C@H]3C[C@@H]32)cc1Br. The average molecular weight is 533 g/mol. The van der Waals surface area contributed by atoms with Gasteiger partial charge in [-0.25, -0.2) is 8.78 Å². The number of benzene rings is 2. The number of halogens is 3. The number of fused-ring (bicyclic) bond motifs is 1. The zero-order valence-electron chi connectivity index (χ0n) is 19.0. The van der Waals surface area contributed by atoms with Crippen LogP contribution in [0, 0.1) is 17.6 Å². The maximum atomic E-state index is 14.5. The Bertz CT molecular complexity index is 1110. The normalized spacial score (nSPS) is 25.4. The van der Waals surface area contributed by atoms with Gasteiger partial charge in [-0.15, -0.1) is 0 Å². The molecule has 2 aliphatic heterocycles. The third-order valence-corrected chi connectivity index (χ3v) is 8.01. The molecule has 0 N–H and O–H groups in total. The second kappa shape index (κ2) is 9.29. The van der Waals surface area contributed by atoms with Crippen molar-refractivity contribution in [3.8, 4) is 5.75 Å². The molecule has 2 aromatic rings. The molecule has 5 nitrogen and oxygen atoms in total. The van der Waals surface area contributed by atoms with E-state index in [1.807, 2.05) is 18.2 Å². The van der Waals surface area contributed by atoms with Gasteiger partial charge in [0.1, 0.15) is 23.4 Å². The molecular weight excluding hydrogens is 506 g/mol. The van der Waals surface area contributed by atoms with Crippen molar-refractivity contribution in [2.24, 2.45) is 5.92 Å². The largest absolute Gasteiger partial charge is 0.496 e. The van der Waals surface area contributed by atoms with Crippen molar-refractivity contribution in [3.05, 3.63) is 63.6 Å². The van der Waals surface area contributed by atoms with Crippen molar-refractivity contribution in [2.45, 2.75) is 56.7 Å². The summed E-state index contributed by atoms with van der Waals surface area (Å²) >= 11 is 3.47. The summed E-state index contributed by atoms with van der Waals surface area (Å²) in [6.07, 6.45) is 3.62. The van der Waals surface area contributed by atoms with Crippen molar-refractivity contribution in [1.29, 1.82) is 0 Å². The first-order valence-electron chi connectivity index (χ1n) is 11.8. The van der Waals surface area contributed by atoms with Gasteiger partial charge in [-0.1, -0.05) is 12.1 Å². The highest BCUT2D eigenvalue weighted by molar-refractivity contribution is 9.10. The van der Waals surface area contributed by atoms with Gasteiger partial charge in [0.15, 0.2) is 0 Å². The molecule has 0 bridgehead atoms. The van der Waals surface area contributed by atoms with E-state index in [9.17, 15) is 18.4 Å². The van der Waals surface area contributed by atoms with E-state index in [0.29, 0.717) is 44.6 Å². The number of hydrogen-bond acceptors (Lipinski definition) is 3. The van der Waals surface area contributed by atoms with Crippen molar-refractivity contribution in [3.63, 3.8) is 0 Å². The van der Waals surface area contributed by atoms with E-state index in [-0.39, 0.29) is 23.4 Å². The van der Waals surface area contributed by atoms with Crippen LogP contribution in [0.4, 0.5) is 8.78 Å². The predicted molar refractivity (Wildman–Crippen MR) is 126 cm³/mol. The van der Waals surface area contributed by atoms with Crippen LogP contribution in [0.1, 0.15) is 49.3 Å². The van der Waals surface area contributed by atoms with E-state index in [1.165, 1.54) is 18.2 Å². The maximum Gasteiger partial charge on any atom is 0.245 e. The fourth-order valence-electron chi connectivity index (χ4n) is 5.63. The number of piperidine rings is 1. The quantitative estimate of drug-likeness (QED) is 0.524. The molecule has 34 heavy (non-hydrogen) atoms. The number of aryl methyl sites for hydroxylation is 1. The van der Waals surface area contributed by atoms with E-state index in [1.54, 1.807) is 16.9 Å². The van der Waals surface area contributed by atoms with E-state index < -0.39 is 23.7 Å². The van der Waals surface area contributed by atoms with Crippen LogP contribution in [-0.2, 0) is 16.0 Å². The topological polar surface area (TPSA) is 49.9 Å². The molecule has 0 radical (unpaired) electrons. The molecule has 2 amide bonds. The molecule has 8 heteroatoms. The van der Waals surface area contributed by atoms with Crippen molar-refractivity contribution < 1.29 is 23.1 Å². The summed E-state index contributed by atoms with van der Waals surface area (Å²) in [5.41, 5.74) is 0.963. The van der Waals surface area contributed by atoms with Crippen LogP contribution in [0.5, 0.6) is 5.75 Å². The first kappa shape index (κ1) is 23.3. The molecule has 3 fully saturated rings. The lowest BCUT2D eigenvalue weighted by Crippen LogP contribution is -2.49. The Morgan fingerprint density at radius 1 is 1.15 bits per heavy atom. The van der Waals surface area contributed by atoms with Crippen LogP contribution in [0.15, 0.2) is 40.9 Å². The van der Waals surface area contributed by atoms with Gasteiger partial charge in [0.25, 0.3) is 0 Å². The van der Waals surface area contributed by atoms with Gasteiger partial charge in [0.05, 0.1) is 17.6 Å². The number of amides is 2. The highest BCUT2D eigenvalue weighted by Crippen LogP contribution is 2.49. The third-order valence-electron chi connectivity index (χ3n) is 7.39. The van der Waals surface area contributed by atoms with Gasteiger partial charge in [0, 0.05) is 24.6 Å². The number of carbonyl (C=O) groups is 2. The maximum absolute atomic E-state index is 14.5. The number of methoxy groups -OCH3 is 1. The summed E-state index contributed by atoms with van der Waals surface area (Å²) < 4.78 is 35.0. The van der Waals surface area contributed by atoms with Crippen LogP contribution in [-0.4, -0.2) is 47.4 Å². The summed E-state index contributed by atoms with van der Waals surface area (Å²) in [5, 5.41) is 0. The lowest BCUT2D eigenvalue weighted by atomic mass is 10.0. The van der Waals surface area contributed by atoms with Gasteiger partial charge >= 0.3 is 0 Å². The third kappa shape index (κ3) is 4.21. The number of ether oxygens (including phenoxy) is 1. The van der Waals surface area contributed by atoms with Gasteiger partial charge in [-0.3, -0.25) is 9.59 Å². The van der Waals surface area contributed by atoms with Gasteiger partial charge < -0.3 is 14.5 Å². The Balaban J connectivity index is 1.30. The lowest BCUT2D eigenvalue weighted by Gasteiger charge is -2.33. The van der Waals surface area contributed by atoms with Crippen molar-refractivity contribution in [2.75, 3.05) is 13.7 Å². The second-order valence-electron chi connectivity index (χ2n) is 9.41. The first-order valence-corrected chi connectivity index (χ1v) is 12.6. The van der Waals surface area contributed by atoms with E-state index >= 15 is 0 Å². The number of rotatable bonds is 6. The van der Waals surface area contributed by atoms with Crippen LogP contribution in [0.2, 0.25) is 0 Å². The number of nitrogens with zero attached hydrogens (tertiary/aromatic N) is 2. The number of carbonyl (C=O) groups excluding carboxylic acids is 2. The number of hydrogen-bond donors (Lipinski definition) is 0. The van der Waals surface area contributed by atoms with E-state index in [4.69, 9.17) is 4.74 Å².